The molecule has 0 saturated heterocycles. The Morgan fingerprint density at radius 1 is 1.14 bits per heavy atom. The Morgan fingerprint density at radius 2 is 1.81 bits per heavy atom. The maximum atomic E-state index is 12.1. The highest BCUT2D eigenvalue weighted by Crippen LogP contribution is 2.34. The van der Waals surface area contributed by atoms with Gasteiger partial charge in [-0.2, -0.15) is 0 Å². The van der Waals surface area contributed by atoms with Gasteiger partial charge in [0.15, 0.2) is 0 Å². The molecule has 1 aromatic heterocycles. The summed E-state index contributed by atoms with van der Waals surface area (Å²) in [6, 6.07) is 10.8. The topological polar surface area (TPSA) is 53.7 Å². The van der Waals surface area contributed by atoms with E-state index in [2.05, 4.69) is 0 Å². The molecule has 2 aromatic carbocycles. The van der Waals surface area contributed by atoms with Gasteiger partial charge in [0.25, 0.3) is 0 Å². The predicted octanol–water partition coefficient (Wildman–Crippen LogP) is 3.27. The van der Waals surface area contributed by atoms with Crippen LogP contribution >= 0.6 is 0 Å². The minimum absolute atomic E-state index is 0.108. The van der Waals surface area contributed by atoms with Crippen LogP contribution < -0.4 is 5.63 Å². The Balaban J connectivity index is 2.40. The van der Waals surface area contributed by atoms with Gasteiger partial charge < -0.3 is 14.4 Å². The molecule has 0 bridgehead atoms. The van der Waals surface area contributed by atoms with E-state index in [1.165, 1.54) is 0 Å². The number of hydrogen-bond acceptors (Lipinski definition) is 4. The molecule has 4 nitrogen and oxygen atoms in total. The molecule has 0 aliphatic rings. The van der Waals surface area contributed by atoms with Gasteiger partial charge >= 0.3 is 5.63 Å². The molecule has 4 heteroatoms. The van der Waals surface area contributed by atoms with Gasteiger partial charge in [-0.3, -0.25) is 0 Å². The van der Waals surface area contributed by atoms with Crippen LogP contribution in [0.15, 0.2) is 45.6 Å². The summed E-state index contributed by atoms with van der Waals surface area (Å²) in [6.07, 6.45) is 0. The molecule has 1 heterocycles. The van der Waals surface area contributed by atoms with Crippen molar-refractivity contribution >= 4 is 21.7 Å². The third-order valence-corrected chi connectivity index (χ3v) is 3.98. The first-order valence-electron chi connectivity index (χ1n) is 6.84. The van der Waals surface area contributed by atoms with Gasteiger partial charge in [0.05, 0.1) is 10.8 Å². The maximum absolute atomic E-state index is 12.1. The van der Waals surface area contributed by atoms with Gasteiger partial charge in [-0.1, -0.05) is 18.2 Å². The molecule has 21 heavy (non-hydrogen) atoms. The van der Waals surface area contributed by atoms with E-state index in [-0.39, 0.29) is 17.4 Å². The van der Waals surface area contributed by atoms with E-state index >= 15 is 0 Å². The Labute approximate surface area is 122 Å². The van der Waals surface area contributed by atoms with Gasteiger partial charge in [0, 0.05) is 11.4 Å². The minimum Gasteiger partial charge on any atom is -0.507 e. The molecule has 0 radical (unpaired) electrons. The fourth-order valence-corrected chi connectivity index (χ4v) is 2.55. The minimum atomic E-state index is -0.382. The lowest BCUT2D eigenvalue weighted by Crippen LogP contribution is -2.16. The Kier molecular flexibility index (Phi) is 3.18. The lowest BCUT2D eigenvalue weighted by molar-refractivity contribution is 0.320. The highest BCUT2D eigenvalue weighted by Gasteiger charge is 2.15. The zero-order chi connectivity index (χ0) is 15.1. The number of phenols is 1. The van der Waals surface area contributed by atoms with Gasteiger partial charge in [0.2, 0.25) is 0 Å². The number of rotatable bonds is 2. The number of phenolic OH excluding ortho intramolecular Hbond substituents is 1. The van der Waals surface area contributed by atoms with E-state index in [0.717, 1.165) is 5.56 Å². The Morgan fingerprint density at radius 3 is 2.48 bits per heavy atom. The average molecular weight is 283 g/mol. The first kappa shape index (κ1) is 13.6. The first-order valence-corrected chi connectivity index (χ1v) is 6.84. The fourth-order valence-electron chi connectivity index (χ4n) is 2.55. The maximum Gasteiger partial charge on any atom is 0.344 e. The molecule has 0 amide bonds. The smallest absolute Gasteiger partial charge is 0.344 e. The highest BCUT2D eigenvalue weighted by molar-refractivity contribution is 6.07. The quantitative estimate of drug-likeness (QED) is 0.579. The lowest BCUT2D eigenvalue weighted by atomic mass is 10.0. The van der Waals surface area contributed by atoms with Crippen LogP contribution in [-0.2, 0) is 0 Å². The van der Waals surface area contributed by atoms with Crippen LogP contribution in [0.1, 0.15) is 18.5 Å². The van der Waals surface area contributed by atoms with Crippen molar-refractivity contribution in [3.8, 4) is 5.75 Å². The number of fused-ring (bicyclic) bond motifs is 3. The van der Waals surface area contributed by atoms with Crippen molar-refractivity contribution in [1.29, 1.82) is 0 Å². The van der Waals surface area contributed by atoms with Crippen molar-refractivity contribution in [3.63, 3.8) is 0 Å². The third kappa shape index (κ3) is 2.17. The number of hydrogen-bond donors (Lipinski definition) is 1. The molecule has 1 N–H and O–H groups in total. The molecule has 1 atom stereocenters. The van der Waals surface area contributed by atoms with Crippen molar-refractivity contribution in [2.75, 3.05) is 14.1 Å². The molecule has 3 rings (SSSR count). The van der Waals surface area contributed by atoms with Crippen LogP contribution in [0.4, 0.5) is 0 Å². The molecular weight excluding hydrogens is 266 g/mol. The fraction of sp³-hybridized carbons (Fsp3) is 0.235. The molecule has 108 valence electrons. The van der Waals surface area contributed by atoms with Crippen molar-refractivity contribution in [1.82, 2.24) is 4.90 Å². The molecule has 3 aromatic rings. The van der Waals surface area contributed by atoms with Crippen LogP contribution in [0.2, 0.25) is 0 Å². The summed E-state index contributed by atoms with van der Waals surface area (Å²) in [7, 11) is 3.92. The van der Waals surface area contributed by atoms with E-state index in [1.54, 1.807) is 18.2 Å². The van der Waals surface area contributed by atoms with Crippen molar-refractivity contribution < 1.29 is 9.52 Å². The molecule has 0 fully saturated rings. The summed E-state index contributed by atoms with van der Waals surface area (Å²) in [5.74, 6) is 0.135. The van der Waals surface area contributed by atoms with Crippen molar-refractivity contribution in [3.05, 3.63) is 52.4 Å². The molecule has 0 aliphatic carbocycles. The van der Waals surface area contributed by atoms with Crippen molar-refractivity contribution in [2.45, 2.75) is 13.0 Å². The van der Waals surface area contributed by atoms with E-state index in [9.17, 15) is 9.90 Å². The molecule has 0 saturated carbocycles. The average Bonchev–Trinajstić information content (AvgIpc) is 2.46. The molecule has 0 unspecified atom stereocenters. The van der Waals surface area contributed by atoms with E-state index < -0.39 is 0 Å². The first-order chi connectivity index (χ1) is 9.99. The third-order valence-electron chi connectivity index (χ3n) is 3.98. The van der Waals surface area contributed by atoms with Gasteiger partial charge in [-0.25, -0.2) is 4.79 Å². The van der Waals surface area contributed by atoms with E-state index in [0.29, 0.717) is 21.7 Å². The van der Waals surface area contributed by atoms with Crippen molar-refractivity contribution in [2.24, 2.45) is 0 Å². The Hall–Kier alpha value is -2.33. The van der Waals surface area contributed by atoms with Crippen LogP contribution in [-0.4, -0.2) is 24.1 Å². The van der Waals surface area contributed by atoms with Gasteiger partial charge in [-0.15, -0.1) is 0 Å². The predicted molar refractivity (Wildman–Crippen MR) is 83.8 cm³/mol. The summed E-state index contributed by atoms with van der Waals surface area (Å²) < 4.78 is 5.39. The number of benzene rings is 2. The second-order valence-corrected chi connectivity index (χ2v) is 5.49. The van der Waals surface area contributed by atoms with E-state index in [4.69, 9.17) is 4.42 Å². The standard InChI is InChI=1S/C17H17NO3/c1-10(18(2)3)11-8-14(19)16-12-6-4-5-7-13(12)17(20)21-15(16)9-11/h4-10,19H,1-3H3/t10-/m0/s1. The summed E-state index contributed by atoms with van der Waals surface area (Å²) in [5, 5.41) is 12.2. The lowest BCUT2D eigenvalue weighted by Gasteiger charge is -2.20. The number of aromatic hydroxyl groups is 1. The highest BCUT2D eigenvalue weighted by atomic mass is 16.4. The summed E-state index contributed by atoms with van der Waals surface area (Å²) in [5.41, 5.74) is 0.943. The second-order valence-electron chi connectivity index (χ2n) is 5.49. The van der Waals surface area contributed by atoms with Crippen LogP contribution in [0, 0.1) is 0 Å². The van der Waals surface area contributed by atoms with E-state index in [1.807, 2.05) is 44.1 Å². The largest absolute Gasteiger partial charge is 0.507 e. The molecular formula is C17H17NO3. The van der Waals surface area contributed by atoms with Crippen LogP contribution in [0.3, 0.4) is 0 Å². The van der Waals surface area contributed by atoms with Crippen LogP contribution in [0.5, 0.6) is 5.75 Å². The van der Waals surface area contributed by atoms with Gasteiger partial charge in [-0.05, 0) is 44.8 Å². The van der Waals surface area contributed by atoms with Gasteiger partial charge in [0.1, 0.15) is 11.3 Å². The molecule has 0 aliphatic heterocycles. The Bertz CT molecular complexity index is 880. The zero-order valence-electron chi connectivity index (χ0n) is 12.3. The summed E-state index contributed by atoms with van der Waals surface area (Å²) >= 11 is 0. The second kappa shape index (κ2) is 4.90. The summed E-state index contributed by atoms with van der Waals surface area (Å²) in [4.78, 5) is 14.1. The van der Waals surface area contributed by atoms with Crippen LogP contribution in [0.25, 0.3) is 21.7 Å². The normalized spacial score (nSPS) is 13.1. The molecule has 0 spiro atoms. The monoisotopic (exact) mass is 283 g/mol. The SMILES string of the molecule is C[C@@H](c1cc(O)c2c(c1)oc(=O)c1ccccc12)N(C)C. The number of nitrogens with zero attached hydrogens (tertiary/aromatic N) is 1. The zero-order valence-corrected chi connectivity index (χ0v) is 12.3. The summed E-state index contributed by atoms with van der Waals surface area (Å²) in [6.45, 7) is 2.03.